The molecule has 2 aromatic rings. The molecule has 8 heteroatoms. The monoisotopic (exact) mass is 362 g/mol. The number of benzene rings is 2. The molecule has 138 valence electrons. The van der Waals surface area contributed by atoms with E-state index in [4.69, 9.17) is 18.9 Å². The van der Waals surface area contributed by atoms with Crippen LogP contribution in [0.2, 0.25) is 0 Å². The minimum Gasteiger partial charge on any atom is -0.493 e. The molecule has 0 spiro atoms. The standard InChI is InChI=1S/C18H18O8/c1-23-12-9-11-13(15(25-3)14(12)24-2)16(19)17(20,21)18(22,26-11)10-7-5-4-6-8-10/h4-9,20-22H,1-3H3. The number of carbonyl (C=O) groups excluding carboxylic acids is 1. The fourth-order valence-electron chi connectivity index (χ4n) is 2.91. The van der Waals surface area contributed by atoms with Gasteiger partial charge in [0.05, 0.1) is 21.3 Å². The van der Waals surface area contributed by atoms with Crippen molar-refractivity contribution >= 4 is 5.78 Å². The molecule has 3 N–H and O–H groups in total. The van der Waals surface area contributed by atoms with Crippen molar-refractivity contribution in [1.82, 2.24) is 0 Å². The predicted molar refractivity (Wildman–Crippen MR) is 88.6 cm³/mol. The van der Waals surface area contributed by atoms with Gasteiger partial charge in [-0.25, -0.2) is 0 Å². The molecule has 8 nitrogen and oxygen atoms in total. The molecule has 0 radical (unpaired) electrons. The third-order valence-corrected chi connectivity index (χ3v) is 4.23. The van der Waals surface area contributed by atoms with Crippen molar-refractivity contribution < 1.29 is 39.1 Å². The van der Waals surface area contributed by atoms with Crippen LogP contribution in [-0.4, -0.2) is 48.2 Å². The quantitative estimate of drug-likeness (QED) is 0.685. The number of carbonyl (C=O) groups is 1. The lowest BCUT2D eigenvalue weighted by atomic mass is 9.86. The smallest absolute Gasteiger partial charge is 0.301 e. The first-order valence-corrected chi connectivity index (χ1v) is 7.61. The van der Waals surface area contributed by atoms with E-state index in [0.717, 1.165) is 0 Å². The molecule has 1 heterocycles. The largest absolute Gasteiger partial charge is 0.493 e. The van der Waals surface area contributed by atoms with Crippen molar-refractivity contribution in [3.63, 3.8) is 0 Å². The van der Waals surface area contributed by atoms with Gasteiger partial charge in [0.15, 0.2) is 11.5 Å². The highest BCUT2D eigenvalue weighted by Gasteiger charge is 2.62. The van der Waals surface area contributed by atoms with Crippen molar-refractivity contribution in [2.45, 2.75) is 11.6 Å². The molecule has 1 aliphatic heterocycles. The number of rotatable bonds is 4. The fourth-order valence-corrected chi connectivity index (χ4v) is 2.91. The number of ketones is 1. The maximum absolute atomic E-state index is 12.9. The van der Waals surface area contributed by atoms with Crippen LogP contribution in [0.25, 0.3) is 0 Å². The first-order chi connectivity index (χ1) is 12.3. The summed E-state index contributed by atoms with van der Waals surface area (Å²) in [6.45, 7) is 0. The molecule has 0 saturated heterocycles. The Bertz CT molecular complexity index is 846. The van der Waals surface area contributed by atoms with Gasteiger partial charge in [-0.05, 0) is 0 Å². The summed E-state index contributed by atoms with van der Waals surface area (Å²) < 4.78 is 21.1. The predicted octanol–water partition coefficient (Wildman–Crippen LogP) is 0.814. The number of ether oxygens (including phenoxy) is 4. The topological polar surface area (TPSA) is 115 Å². The number of methoxy groups -OCH3 is 3. The summed E-state index contributed by atoms with van der Waals surface area (Å²) >= 11 is 0. The Morgan fingerprint density at radius 1 is 0.923 bits per heavy atom. The Morgan fingerprint density at radius 2 is 1.54 bits per heavy atom. The molecule has 1 atom stereocenters. The van der Waals surface area contributed by atoms with Crippen molar-refractivity contribution in [2.75, 3.05) is 21.3 Å². The van der Waals surface area contributed by atoms with Gasteiger partial charge in [-0.2, -0.15) is 0 Å². The van der Waals surface area contributed by atoms with Gasteiger partial charge in [-0.3, -0.25) is 4.79 Å². The van der Waals surface area contributed by atoms with Crippen LogP contribution in [0.1, 0.15) is 15.9 Å². The van der Waals surface area contributed by atoms with E-state index in [1.54, 1.807) is 18.2 Å². The first-order valence-electron chi connectivity index (χ1n) is 7.61. The molecule has 1 aliphatic rings. The van der Waals surface area contributed by atoms with Gasteiger partial charge in [0.25, 0.3) is 5.79 Å². The second kappa shape index (κ2) is 6.17. The molecule has 3 rings (SSSR count). The number of aliphatic hydroxyl groups is 3. The molecule has 1 unspecified atom stereocenters. The van der Waals surface area contributed by atoms with Crippen LogP contribution < -0.4 is 18.9 Å². The van der Waals surface area contributed by atoms with Gasteiger partial charge in [0.1, 0.15) is 11.3 Å². The molecule has 0 saturated carbocycles. The lowest BCUT2D eigenvalue weighted by Crippen LogP contribution is -2.63. The average Bonchev–Trinajstić information content (AvgIpc) is 2.65. The highest BCUT2D eigenvalue weighted by molar-refractivity contribution is 6.08. The van der Waals surface area contributed by atoms with Gasteiger partial charge in [0, 0.05) is 11.6 Å². The Hall–Kier alpha value is -2.81. The van der Waals surface area contributed by atoms with E-state index >= 15 is 0 Å². The van der Waals surface area contributed by atoms with E-state index in [2.05, 4.69) is 0 Å². The molecule has 0 aliphatic carbocycles. The number of Topliss-reactive ketones (excluding diaryl/α,β-unsaturated/α-hetero) is 1. The average molecular weight is 362 g/mol. The number of fused-ring (bicyclic) bond motifs is 1. The highest BCUT2D eigenvalue weighted by atomic mass is 16.7. The zero-order valence-electron chi connectivity index (χ0n) is 14.3. The van der Waals surface area contributed by atoms with Crippen LogP contribution in [0.4, 0.5) is 0 Å². The summed E-state index contributed by atoms with van der Waals surface area (Å²) in [5, 5.41) is 31.8. The van der Waals surface area contributed by atoms with Crippen LogP contribution in [0, 0.1) is 0 Å². The van der Waals surface area contributed by atoms with Crippen LogP contribution in [0.5, 0.6) is 23.0 Å². The molecular weight excluding hydrogens is 344 g/mol. The van der Waals surface area contributed by atoms with Crippen molar-refractivity contribution in [2.24, 2.45) is 0 Å². The zero-order valence-corrected chi connectivity index (χ0v) is 14.3. The zero-order chi connectivity index (χ0) is 19.1. The van der Waals surface area contributed by atoms with Crippen LogP contribution >= 0.6 is 0 Å². The molecule has 26 heavy (non-hydrogen) atoms. The summed E-state index contributed by atoms with van der Waals surface area (Å²) in [5.74, 6) is -7.20. The maximum atomic E-state index is 12.9. The fraction of sp³-hybridized carbons (Fsp3) is 0.278. The first kappa shape index (κ1) is 18.0. The summed E-state index contributed by atoms with van der Waals surface area (Å²) in [6.07, 6.45) is 0. The SMILES string of the molecule is COc1cc2c(c(OC)c1OC)C(=O)C(O)(O)C(O)(c1ccccc1)O2. The lowest BCUT2D eigenvalue weighted by molar-refractivity contribution is -0.328. The minimum absolute atomic E-state index is 0.0160. The highest BCUT2D eigenvalue weighted by Crippen LogP contribution is 2.52. The van der Waals surface area contributed by atoms with Crippen molar-refractivity contribution in [3.8, 4) is 23.0 Å². The maximum Gasteiger partial charge on any atom is 0.301 e. The molecule has 0 fully saturated rings. The minimum atomic E-state index is -3.27. The molecule has 0 amide bonds. The summed E-state index contributed by atoms with van der Waals surface area (Å²) in [7, 11) is 3.99. The van der Waals surface area contributed by atoms with E-state index in [-0.39, 0.29) is 34.1 Å². The van der Waals surface area contributed by atoms with E-state index in [0.29, 0.717) is 0 Å². The van der Waals surface area contributed by atoms with Crippen molar-refractivity contribution in [1.29, 1.82) is 0 Å². The van der Waals surface area contributed by atoms with E-state index in [9.17, 15) is 20.1 Å². The van der Waals surface area contributed by atoms with Gasteiger partial charge in [-0.1, -0.05) is 30.3 Å². The van der Waals surface area contributed by atoms with Gasteiger partial charge in [0.2, 0.25) is 11.5 Å². The van der Waals surface area contributed by atoms with Crippen LogP contribution in [0.3, 0.4) is 0 Å². The summed E-state index contributed by atoms with van der Waals surface area (Å²) in [4.78, 5) is 12.9. The molecule has 0 aromatic heterocycles. The summed E-state index contributed by atoms with van der Waals surface area (Å²) in [6, 6.07) is 8.88. The Balaban J connectivity index is 2.30. The number of hydrogen-bond donors (Lipinski definition) is 3. The second-order valence-corrected chi connectivity index (χ2v) is 5.63. The Labute approximate surface area is 149 Å². The van der Waals surface area contributed by atoms with E-state index in [1.165, 1.54) is 39.5 Å². The summed E-state index contributed by atoms with van der Waals surface area (Å²) in [5.41, 5.74) is -0.298. The molecule has 2 aromatic carbocycles. The van der Waals surface area contributed by atoms with E-state index < -0.39 is 17.4 Å². The van der Waals surface area contributed by atoms with Gasteiger partial charge >= 0.3 is 5.79 Å². The lowest BCUT2D eigenvalue weighted by Gasteiger charge is -2.42. The number of hydrogen-bond acceptors (Lipinski definition) is 8. The second-order valence-electron chi connectivity index (χ2n) is 5.63. The normalized spacial score (nSPS) is 20.8. The molecular formula is C18H18O8. The molecule has 0 bridgehead atoms. The van der Waals surface area contributed by atoms with Crippen LogP contribution in [0.15, 0.2) is 36.4 Å². The van der Waals surface area contributed by atoms with Gasteiger partial charge < -0.3 is 34.3 Å². The third-order valence-electron chi connectivity index (χ3n) is 4.23. The Morgan fingerprint density at radius 3 is 2.08 bits per heavy atom. The third kappa shape index (κ3) is 2.31. The van der Waals surface area contributed by atoms with E-state index in [1.807, 2.05) is 0 Å². The van der Waals surface area contributed by atoms with Gasteiger partial charge in [-0.15, -0.1) is 0 Å². The Kier molecular flexibility index (Phi) is 4.27. The van der Waals surface area contributed by atoms with Crippen LogP contribution in [-0.2, 0) is 5.79 Å². The van der Waals surface area contributed by atoms with Crippen molar-refractivity contribution in [3.05, 3.63) is 47.5 Å².